The lowest BCUT2D eigenvalue weighted by Crippen LogP contribution is -2.19. The Hall–Kier alpha value is -1.15. The van der Waals surface area contributed by atoms with Crippen molar-refractivity contribution in [3.05, 3.63) is 44.2 Å². The highest BCUT2D eigenvalue weighted by atomic mass is 79.9. The zero-order valence-electron chi connectivity index (χ0n) is 12.4. The number of rotatable bonds is 4. The third kappa shape index (κ3) is 4.67. The number of thiocarbonyl (C=S) groups is 1. The molecule has 0 saturated heterocycles. The number of esters is 1. The van der Waals surface area contributed by atoms with Crippen LogP contribution in [0.4, 0.5) is 10.7 Å². The fourth-order valence-electron chi connectivity index (χ4n) is 1.81. The number of hydrogen-bond acceptors (Lipinski definition) is 4. The molecule has 0 aliphatic heterocycles. The van der Waals surface area contributed by atoms with Crippen LogP contribution in [0.1, 0.15) is 22.2 Å². The normalized spacial score (nSPS) is 10.3. The van der Waals surface area contributed by atoms with Gasteiger partial charge in [0, 0.05) is 15.0 Å². The fourth-order valence-corrected chi connectivity index (χ4v) is 3.51. The van der Waals surface area contributed by atoms with E-state index in [-0.39, 0.29) is 0 Å². The summed E-state index contributed by atoms with van der Waals surface area (Å²) >= 11 is 16.2. The summed E-state index contributed by atoms with van der Waals surface area (Å²) in [5, 5.41) is 7.70. The molecule has 2 N–H and O–H groups in total. The molecule has 0 unspecified atom stereocenters. The Labute approximate surface area is 157 Å². The maximum absolute atomic E-state index is 11.8. The maximum atomic E-state index is 11.8. The van der Waals surface area contributed by atoms with Crippen molar-refractivity contribution in [2.24, 2.45) is 0 Å². The molecular weight excluding hydrogens is 420 g/mol. The molecule has 8 heteroatoms. The minimum absolute atomic E-state index is 0.373. The van der Waals surface area contributed by atoms with E-state index in [2.05, 4.69) is 26.6 Å². The van der Waals surface area contributed by atoms with Crippen LogP contribution in [0, 0.1) is 0 Å². The number of carbonyl (C=O) groups is 1. The standard InChI is InChI=1S/C15H14BrClN2O2S2/c1-3-9-7-10(14(20)21-2)13(23-9)19-15(22)18-8-4-5-11(16)12(17)6-8/h4-7H,3H2,1-2H3,(H2,18,19,22). The minimum atomic E-state index is -0.391. The van der Waals surface area contributed by atoms with E-state index in [0.717, 1.165) is 21.5 Å². The molecule has 1 heterocycles. The van der Waals surface area contributed by atoms with E-state index in [1.807, 2.05) is 25.1 Å². The van der Waals surface area contributed by atoms with Crippen LogP contribution in [0.15, 0.2) is 28.7 Å². The Bertz CT molecular complexity index is 749. The first-order chi connectivity index (χ1) is 10.9. The van der Waals surface area contributed by atoms with Crippen molar-refractivity contribution >= 4 is 72.9 Å². The van der Waals surface area contributed by atoms with Crippen molar-refractivity contribution in [3.63, 3.8) is 0 Å². The maximum Gasteiger partial charge on any atom is 0.340 e. The van der Waals surface area contributed by atoms with Gasteiger partial charge in [0.1, 0.15) is 5.00 Å². The van der Waals surface area contributed by atoms with Gasteiger partial charge in [-0.2, -0.15) is 0 Å². The van der Waals surface area contributed by atoms with Crippen LogP contribution < -0.4 is 10.6 Å². The van der Waals surface area contributed by atoms with Gasteiger partial charge in [0.15, 0.2) is 5.11 Å². The molecule has 0 aliphatic carbocycles. The molecule has 1 aromatic carbocycles. The van der Waals surface area contributed by atoms with Gasteiger partial charge in [-0.25, -0.2) is 4.79 Å². The second kappa shape index (κ2) is 8.10. The summed E-state index contributed by atoms with van der Waals surface area (Å²) in [6, 6.07) is 7.25. The summed E-state index contributed by atoms with van der Waals surface area (Å²) in [5.41, 5.74) is 1.23. The third-order valence-corrected chi connectivity index (χ3v) is 5.57. The monoisotopic (exact) mass is 432 g/mol. The largest absolute Gasteiger partial charge is 0.465 e. The van der Waals surface area contributed by atoms with Crippen LogP contribution in [0.25, 0.3) is 0 Å². The molecule has 4 nitrogen and oxygen atoms in total. The Morgan fingerprint density at radius 3 is 2.74 bits per heavy atom. The Kier molecular flexibility index (Phi) is 6.41. The number of anilines is 2. The number of halogens is 2. The molecule has 0 spiro atoms. The average molecular weight is 434 g/mol. The number of thiophene rings is 1. The van der Waals surface area contributed by atoms with Crippen LogP contribution in [0.3, 0.4) is 0 Å². The summed E-state index contributed by atoms with van der Waals surface area (Å²) in [5.74, 6) is -0.391. The van der Waals surface area contributed by atoms with Gasteiger partial charge in [0.25, 0.3) is 0 Å². The Morgan fingerprint density at radius 1 is 1.39 bits per heavy atom. The quantitative estimate of drug-likeness (QED) is 0.505. The van der Waals surface area contributed by atoms with Crippen molar-refractivity contribution in [2.75, 3.05) is 17.7 Å². The number of benzene rings is 1. The van der Waals surface area contributed by atoms with E-state index in [1.165, 1.54) is 18.4 Å². The van der Waals surface area contributed by atoms with Crippen molar-refractivity contribution in [3.8, 4) is 0 Å². The van der Waals surface area contributed by atoms with E-state index >= 15 is 0 Å². The first-order valence-electron chi connectivity index (χ1n) is 6.68. The van der Waals surface area contributed by atoms with Gasteiger partial charge in [-0.05, 0) is 58.8 Å². The van der Waals surface area contributed by atoms with Crippen LogP contribution in [0.2, 0.25) is 5.02 Å². The predicted molar refractivity (Wildman–Crippen MR) is 104 cm³/mol. The highest BCUT2D eigenvalue weighted by Gasteiger charge is 2.17. The summed E-state index contributed by atoms with van der Waals surface area (Å²) in [6.07, 6.45) is 0.832. The van der Waals surface area contributed by atoms with Crippen molar-refractivity contribution in [1.82, 2.24) is 0 Å². The molecule has 2 aromatic rings. The predicted octanol–water partition coefficient (Wildman–Crippen LogP) is 5.32. The van der Waals surface area contributed by atoms with Crippen molar-refractivity contribution in [1.29, 1.82) is 0 Å². The fraction of sp³-hybridized carbons (Fsp3) is 0.200. The molecule has 23 heavy (non-hydrogen) atoms. The van der Waals surface area contributed by atoms with Gasteiger partial charge >= 0.3 is 5.97 Å². The SMILES string of the molecule is CCc1cc(C(=O)OC)c(NC(=S)Nc2ccc(Br)c(Cl)c2)s1. The van der Waals surface area contributed by atoms with Crippen molar-refractivity contribution in [2.45, 2.75) is 13.3 Å². The molecule has 0 aliphatic rings. The first-order valence-corrected chi connectivity index (χ1v) is 9.08. The molecule has 122 valence electrons. The highest BCUT2D eigenvalue weighted by molar-refractivity contribution is 9.10. The average Bonchev–Trinajstić information content (AvgIpc) is 2.93. The van der Waals surface area contributed by atoms with Crippen LogP contribution in [0.5, 0.6) is 0 Å². The first kappa shape index (κ1) is 18.2. The lowest BCUT2D eigenvalue weighted by Gasteiger charge is -2.11. The summed E-state index contributed by atoms with van der Waals surface area (Å²) in [6.45, 7) is 2.02. The van der Waals surface area contributed by atoms with Gasteiger partial charge in [-0.15, -0.1) is 11.3 Å². The number of aryl methyl sites for hydroxylation is 1. The van der Waals surface area contributed by atoms with E-state index in [4.69, 9.17) is 28.6 Å². The molecule has 0 fully saturated rings. The Morgan fingerprint density at radius 2 is 2.13 bits per heavy atom. The minimum Gasteiger partial charge on any atom is -0.465 e. The number of hydrogen-bond donors (Lipinski definition) is 2. The van der Waals surface area contributed by atoms with E-state index in [9.17, 15) is 4.79 Å². The third-order valence-electron chi connectivity index (χ3n) is 2.94. The van der Waals surface area contributed by atoms with Crippen LogP contribution >= 0.6 is 51.1 Å². The molecular formula is C15H14BrClN2O2S2. The van der Waals surface area contributed by atoms with E-state index in [1.54, 1.807) is 6.07 Å². The second-order valence-corrected chi connectivity index (χ2v) is 7.32. The zero-order chi connectivity index (χ0) is 17.0. The summed E-state index contributed by atoms with van der Waals surface area (Å²) in [7, 11) is 1.36. The molecule has 2 rings (SSSR count). The lowest BCUT2D eigenvalue weighted by atomic mass is 10.2. The smallest absolute Gasteiger partial charge is 0.340 e. The molecule has 0 saturated carbocycles. The number of ether oxygens (including phenoxy) is 1. The lowest BCUT2D eigenvalue weighted by molar-refractivity contribution is 0.0602. The summed E-state index contributed by atoms with van der Waals surface area (Å²) < 4.78 is 5.61. The number of carbonyl (C=O) groups excluding carboxylic acids is 1. The van der Waals surface area contributed by atoms with Crippen LogP contribution in [-0.4, -0.2) is 18.2 Å². The number of nitrogens with one attached hydrogen (secondary N) is 2. The topological polar surface area (TPSA) is 50.4 Å². The second-order valence-electron chi connectivity index (χ2n) is 4.51. The zero-order valence-corrected chi connectivity index (χ0v) is 16.4. The molecule has 0 amide bonds. The highest BCUT2D eigenvalue weighted by Crippen LogP contribution is 2.30. The van der Waals surface area contributed by atoms with Gasteiger partial charge in [-0.3, -0.25) is 0 Å². The number of methoxy groups -OCH3 is 1. The molecule has 0 bridgehead atoms. The van der Waals surface area contributed by atoms with Gasteiger partial charge in [0.2, 0.25) is 0 Å². The van der Waals surface area contributed by atoms with Gasteiger partial charge in [0.05, 0.1) is 17.7 Å². The molecule has 0 radical (unpaired) electrons. The summed E-state index contributed by atoms with van der Waals surface area (Å²) in [4.78, 5) is 12.9. The Balaban J connectivity index is 2.14. The van der Waals surface area contributed by atoms with Gasteiger partial charge in [-0.1, -0.05) is 18.5 Å². The van der Waals surface area contributed by atoms with E-state index in [0.29, 0.717) is 20.7 Å². The molecule has 1 aromatic heterocycles. The molecule has 0 atom stereocenters. The van der Waals surface area contributed by atoms with Crippen LogP contribution in [-0.2, 0) is 11.2 Å². The van der Waals surface area contributed by atoms with Crippen molar-refractivity contribution < 1.29 is 9.53 Å². The van der Waals surface area contributed by atoms with E-state index < -0.39 is 5.97 Å². The van der Waals surface area contributed by atoms with Gasteiger partial charge < -0.3 is 15.4 Å².